The zero-order chi connectivity index (χ0) is 30.5. The van der Waals surface area contributed by atoms with E-state index in [9.17, 15) is 24.3 Å². The quantitative estimate of drug-likeness (QED) is 0.231. The first kappa shape index (κ1) is 29.1. The van der Waals surface area contributed by atoms with Crippen LogP contribution in [0.3, 0.4) is 0 Å². The van der Waals surface area contributed by atoms with Gasteiger partial charge in [-0.3, -0.25) is 33.9 Å². The summed E-state index contributed by atoms with van der Waals surface area (Å²) in [6, 6.07) is 19.0. The summed E-state index contributed by atoms with van der Waals surface area (Å²) in [4.78, 5) is 59.7. The van der Waals surface area contributed by atoms with E-state index in [2.05, 4.69) is 20.7 Å². The monoisotopic (exact) mass is 583 g/mol. The molecule has 1 unspecified atom stereocenters. The molecule has 0 spiro atoms. The van der Waals surface area contributed by atoms with Crippen molar-refractivity contribution in [3.63, 3.8) is 0 Å². The minimum atomic E-state index is -0.586. The van der Waals surface area contributed by atoms with Crippen LogP contribution in [0.15, 0.2) is 82.5 Å². The Kier molecular flexibility index (Phi) is 8.56. The number of benzene rings is 2. The number of nitrogens with one attached hydrogen (secondary N) is 3. The maximum atomic E-state index is 13.4. The number of aromatic hydroxyl groups is 1. The third-order valence-electron chi connectivity index (χ3n) is 7.46. The van der Waals surface area contributed by atoms with Crippen LogP contribution >= 0.6 is 0 Å². The number of phenolic OH excluding ortho intramolecular Hbond substituents is 1. The van der Waals surface area contributed by atoms with E-state index in [0.717, 1.165) is 10.2 Å². The van der Waals surface area contributed by atoms with Gasteiger partial charge in [0.2, 0.25) is 0 Å². The molecule has 4 N–H and O–H groups in total. The number of aromatic amines is 1. The minimum absolute atomic E-state index is 0.0278. The van der Waals surface area contributed by atoms with Gasteiger partial charge in [0, 0.05) is 39.4 Å². The van der Waals surface area contributed by atoms with Crippen molar-refractivity contribution in [3.05, 3.63) is 110 Å². The fraction of sp³-hybridized carbons (Fsp3) is 0.258. The third-order valence-corrected chi connectivity index (χ3v) is 7.46. The molecule has 12 heteroatoms. The Labute approximate surface area is 247 Å². The highest BCUT2D eigenvalue weighted by molar-refractivity contribution is 5.99. The summed E-state index contributed by atoms with van der Waals surface area (Å²) in [5, 5.41) is 19.7. The number of H-pyrrole nitrogens is 1. The Bertz CT molecular complexity index is 1730. The molecular weight excluding hydrogens is 550 g/mol. The van der Waals surface area contributed by atoms with Crippen LogP contribution in [0.5, 0.6) is 5.75 Å². The van der Waals surface area contributed by atoms with Crippen LogP contribution in [0, 0.1) is 0 Å². The zero-order valence-electron chi connectivity index (χ0n) is 23.9. The number of anilines is 3. The number of para-hydroxylation sites is 1. The first-order valence-electron chi connectivity index (χ1n) is 14.0. The van der Waals surface area contributed by atoms with Crippen LogP contribution in [0.4, 0.5) is 17.1 Å². The number of aryl methyl sites for hydroxylation is 1. The Morgan fingerprint density at radius 2 is 1.58 bits per heavy atom. The predicted molar refractivity (Wildman–Crippen MR) is 163 cm³/mol. The highest BCUT2D eigenvalue weighted by atomic mass is 16.3. The molecule has 1 aliphatic heterocycles. The molecular formula is C31H33N7O5. The second kappa shape index (κ2) is 12.6. The largest absolute Gasteiger partial charge is 0.505 e. The number of phenols is 1. The summed E-state index contributed by atoms with van der Waals surface area (Å²) in [5.74, 6) is -0.985. The number of aromatic nitrogens is 3. The van der Waals surface area contributed by atoms with Gasteiger partial charge in [0.1, 0.15) is 17.1 Å². The lowest BCUT2D eigenvalue weighted by Gasteiger charge is -2.34. The van der Waals surface area contributed by atoms with Crippen molar-refractivity contribution in [1.82, 2.24) is 24.6 Å². The average molecular weight is 584 g/mol. The van der Waals surface area contributed by atoms with Crippen LogP contribution in [-0.2, 0) is 7.05 Å². The van der Waals surface area contributed by atoms with E-state index in [1.54, 1.807) is 40.3 Å². The summed E-state index contributed by atoms with van der Waals surface area (Å²) in [6.07, 6.45) is 2.19. The summed E-state index contributed by atoms with van der Waals surface area (Å²) in [6.45, 7) is 3.14. The molecule has 222 valence electrons. The summed E-state index contributed by atoms with van der Waals surface area (Å²) < 4.78 is 1.09. The Morgan fingerprint density at radius 1 is 0.907 bits per heavy atom. The van der Waals surface area contributed by atoms with Gasteiger partial charge in [-0.2, -0.15) is 0 Å². The van der Waals surface area contributed by atoms with Crippen molar-refractivity contribution in [2.45, 2.75) is 19.4 Å². The zero-order valence-corrected chi connectivity index (χ0v) is 23.9. The Morgan fingerprint density at radius 3 is 2.23 bits per heavy atom. The number of amides is 2. The van der Waals surface area contributed by atoms with E-state index >= 15 is 0 Å². The summed E-state index contributed by atoms with van der Waals surface area (Å²) >= 11 is 0. The lowest BCUT2D eigenvalue weighted by Crippen LogP contribution is -2.50. The van der Waals surface area contributed by atoms with E-state index < -0.39 is 17.0 Å². The summed E-state index contributed by atoms with van der Waals surface area (Å²) in [7, 11) is 1.45. The molecule has 0 radical (unpaired) electrons. The van der Waals surface area contributed by atoms with Gasteiger partial charge in [-0.05, 0) is 36.2 Å². The smallest absolute Gasteiger partial charge is 0.290 e. The fourth-order valence-corrected chi connectivity index (χ4v) is 5.07. The SMILES string of the molecule is CCC(Nc1c(Nc2cccc(C(=O)N3CCN(C(=O)c4ccccn4)CC3)c2O)c(=O)[nH]n(C)c1=O)c1ccccc1. The van der Waals surface area contributed by atoms with Crippen LogP contribution in [0.25, 0.3) is 0 Å². The number of carbonyl (C=O) groups is 2. The number of rotatable bonds is 8. The second-order valence-corrected chi connectivity index (χ2v) is 10.2. The molecule has 2 amide bonds. The number of nitrogens with zero attached hydrogens (tertiary/aromatic N) is 4. The van der Waals surface area contributed by atoms with E-state index in [1.807, 2.05) is 37.3 Å². The lowest BCUT2D eigenvalue weighted by atomic mass is 10.0. The number of piperazine rings is 1. The number of hydrogen-bond donors (Lipinski definition) is 4. The maximum absolute atomic E-state index is 13.4. The standard InChI is InChI=1S/C31H33N7O5/c1-3-22(20-10-5-4-6-11-20)33-26-25(28(40)35-36(2)31(26)43)34-23-14-9-12-21(27(23)39)29(41)37-16-18-38(19-17-37)30(42)24-13-7-8-15-32-24/h4-15,22,33-34,39H,3,16-19H2,1-2H3,(H,35,40). The van der Waals surface area contributed by atoms with Crippen molar-refractivity contribution in [2.75, 3.05) is 36.8 Å². The van der Waals surface area contributed by atoms with Crippen LogP contribution in [0.2, 0.25) is 0 Å². The van der Waals surface area contributed by atoms with Crippen LogP contribution < -0.4 is 21.8 Å². The molecule has 12 nitrogen and oxygen atoms in total. The molecule has 0 saturated carbocycles. The molecule has 1 saturated heterocycles. The molecule has 1 aliphatic rings. The molecule has 5 rings (SSSR count). The van der Waals surface area contributed by atoms with Gasteiger partial charge in [0.05, 0.1) is 17.3 Å². The Balaban J connectivity index is 1.37. The van der Waals surface area contributed by atoms with Crippen molar-refractivity contribution in [3.8, 4) is 5.75 Å². The van der Waals surface area contributed by atoms with Crippen molar-refractivity contribution >= 4 is 28.9 Å². The van der Waals surface area contributed by atoms with Gasteiger partial charge in [0.15, 0.2) is 5.75 Å². The van der Waals surface area contributed by atoms with Crippen LogP contribution in [-0.4, -0.2) is 67.7 Å². The maximum Gasteiger partial charge on any atom is 0.290 e. The molecule has 2 aromatic heterocycles. The number of hydrogen-bond acceptors (Lipinski definition) is 8. The second-order valence-electron chi connectivity index (χ2n) is 10.2. The lowest BCUT2D eigenvalue weighted by molar-refractivity contribution is 0.0530. The highest BCUT2D eigenvalue weighted by Crippen LogP contribution is 2.33. The molecule has 0 aliphatic carbocycles. The van der Waals surface area contributed by atoms with E-state index in [4.69, 9.17) is 0 Å². The molecule has 3 heterocycles. The van der Waals surface area contributed by atoms with Crippen molar-refractivity contribution < 1.29 is 14.7 Å². The third kappa shape index (κ3) is 6.13. The Hall–Kier alpha value is -5.39. The molecule has 43 heavy (non-hydrogen) atoms. The van der Waals surface area contributed by atoms with E-state index in [-0.39, 0.29) is 53.4 Å². The number of carbonyl (C=O) groups excluding carboxylic acids is 2. The molecule has 4 aromatic rings. The van der Waals surface area contributed by atoms with Gasteiger partial charge in [0.25, 0.3) is 22.9 Å². The highest BCUT2D eigenvalue weighted by Gasteiger charge is 2.28. The average Bonchev–Trinajstić information content (AvgIpc) is 3.04. The van der Waals surface area contributed by atoms with Gasteiger partial charge < -0.3 is 25.5 Å². The molecule has 1 atom stereocenters. The summed E-state index contributed by atoms with van der Waals surface area (Å²) in [5.41, 5.74) is 0.289. The van der Waals surface area contributed by atoms with Gasteiger partial charge in [-0.15, -0.1) is 0 Å². The topological polar surface area (TPSA) is 153 Å². The number of pyridine rings is 1. The van der Waals surface area contributed by atoms with E-state index in [1.165, 1.54) is 19.2 Å². The molecule has 1 fully saturated rings. The van der Waals surface area contributed by atoms with Crippen LogP contribution in [0.1, 0.15) is 45.8 Å². The van der Waals surface area contributed by atoms with Gasteiger partial charge in [-0.1, -0.05) is 49.4 Å². The van der Waals surface area contributed by atoms with Crippen molar-refractivity contribution in [1.29, 1.82) is 0 Å². The minimum Gasteiger partial charge on any atom is -0.505 e. The normalized spacial score (nSPS) is 13.8. The predicted octanol–water partition coefficient (Wildman–Crippen LogP) is 3.08. The van der Waals surface area contributed by atoms with Gasteiger partial charge >= 0.3 is 0 Å². The fourth-order valence-electron chi connectivity index (χ4n) is 5.07. The van der Waals surface area contributed by atoms with E-state index in [0.29, 0.717) is 25.2 Å². The first-order valence-corrected chi connectivity index (χ1v) is 14.0. The molecule has 2 aromatic carbocycles. The molecule has 0 bridgehead atoms. The van der Waals surface area contributed by atoms with Gasteiger partial charge in [-0.25, -0.2) is 0 Å². The first-order chi connectivity index (χ1) is 20.8. The van der Waals surface area contributed by atoms with Crippen molar-refractivity contribution in [2.24, 2.45) is 7.05 Å².